The van der Waals surface area contributed by atoms with Gasteiger partial charge in [0.2, 0.25) is 0 Å². The van der Waals surface area contributed by atoms with Crippen LogP contribution in [-0.4, -0.2) is 14.5 Å². The number of nitrogens with zero attached hydrogens (tertiary/aromatic N) is 3. The molecule has 15 rings (SSSR count). The fraction of sp³-hybridized carbons (Fsp3) is 0. The van der Waals surface area contributed by atoms with E-state index in [2.05, 4.69) is 193 Å². The minimum Gasteiger partial charge on any atom is -0.456 e. The molecule has 15 aromatic rings. The van der Waals surface area contributed by atoms with E-state index in [1.165, 1.54) is 16.3 Å². The average Bonchev–Trinajstić information content (AvgIpc) is 4.20. The summed E-state index contributed by atoms with van der Waals surface area (Å²) in [7, 11) is 0. The van der Waals surface area contributed by atoms with Crippen LogP contribution in [0.5, 0.6) is 0 Å². The Hall–Kier alpha value is -9.52. The molecule has 0 saturated heterocycles. The van der Waals surface area contributed by atoms with Gasteiger partial charge in [-0.25, -0.2) is 9.97 Å². The summed E-state index contributed by atoms with van der Waals surface area (Å²) in [6.45, 7) is 0. The molecule has 10 aromatic carbocycles. The van der Waals surface area contributed by atoms with E-state index >= 15 is 0 Å². The molecule has 0 spiro atoms. The van der Waals surface area contributed by atoms with E-state index in [0.717, 1.165) is 122 Å². The van der Waals surface area contributed by atoms with Crippen molar-refractivity contribution in [2.24, 2.45) is 0 Å². The molecule has 0 unspecified atom stereocenters. The fourth-order valence-electron chi connectivity index (χ4n) is 10.8. The molecule has 5 aromatic heterocycles. The summed E-state index contributed by atoms with van der Waals surface area (Å²) in [5.74, 6) is 0.614. The van der Waals surface area contributed by atoms with Crippen LogP contribution in [0.25, 0.3) is 149 Å². The number of para-hydroxylation sites is 4. The molecule has 0 atom stereocenters. The number of fused-ring (bicyclic) bond motifs is 12. The van der Waals surface area contributed by atoms with E-state index < -0.39 is 0 Å². The van der Waals surface area contributed by atoms with Gasteiger partial charge in [0.05, 0.1) is 11.0 Å². The monoisotopic (exact) mass is 895 g/mol. The Morgan fingerprint density at radius 2 is 0.814 bits per heavy atom. The second-order valence-corrected chi connectivity index (χ2v) is 18.0. The summed E-state index contributed by atoms with van der Waals surface area (Å²) in [6, 6.07) is 78.5. The predicted molar refractivity (Wildman–Crippen MR) is 285 cm³/mol. The third-order valence-corrected chi connectivity index (χ3v) is 14.1. The van der Waals surface area contributed by atoms with Gasteiger partial charge >= 0.3 is 0 Å². The Morgan fingerprint density at radius 1 is 0.314 bits per heavy atom. The normalized spacial score (nSPS) is 12.0. The van der Waals surface area contributed by atoms with Gasteiger partial charge in [-0.2, -0.15) is 0 Å². The van der Waals surface area contributed by atoms with Crippen molar-refractivity contribution in [3.05, 3.63) is 224 Å². The number of benzene rings is 10. The number of furan rings is 3. The van der Waals surface area contributed by atoms with E-state index in [4.69, 9.17) is 23.2 Å². The third kappa shape index (κ3) is 5.87. The van der Waals surface area contributed by atoms with Crippen molar-refractivity contribution < 1.29 is 13.3 Å². The van der Waals surface area contributed by atoms with E-state index in [9.17, 15) is 0 Å². The molecule has 0 aliphatic heterocycles. The number of aromatic nitrogens is 3. The van der Waals surface area contributed by atoms with Gasteiger partial charge in [-0.05, 0) is 100 Å². The van der Waals surface area contributed by atoms with Gasteiger partial charge in [0.15, 0.2) is 11.4 Å². The van der Waals surface area contributed by atoms with Crippen molar-refractivity contribution in [3.8, 4) is 61.7 Å². The van der Waals surface area contributed by atoms with E-state index in [-0.39, 0.29) is 0 Å². The van der Waals surface area contributed by atoms with Crippen LogP contribution in [-0.2, 0) is 0 Å². The number of rotatable bonds is 6. The molecule has 0 amide bonds. The molecule has 0 N–H and O–H groups in total. The fourth-order valence-corrected chi connectivity index (χ4v) is 10.8. The first-order chi connectivity index (χ1) is 34.7. The highest BCUT2D eigenvalue weighted by Gasteiger charge is 2.21. The molecule has 6 heteroatoms. The Morgan fingerprint density at radius 3 is 1.49 bits per heavy atom. The van der Waals surface area contributed by atoms with Gasteiger partial charge in [0.1, 0.15) is 39.1 Å². The number of hydrogen-bond acceptors (Lipinski definition) is 5. The van der Waals surface area contributed by atoms with Crippen LogP contribution in [0.4, 0.5) is 0 Å². The highest BCUT2D eigenvalue weighted by atomic mass is 16.3. The summed E-state index contributed by atoms with van der Waals surface area (Å²) in [5, 5.41) is 7.74. The first-order valence-electron chi connectivity index (χ1n) is 23.5. The minimum atomic E-state index is 0.614. The van der Waals surface area contributed by atoms with Gasteiger partial charge in [0.25, 0.3) is 0 Å². The van der Waals surface area contributed by atoms with Crippen LogP contribution in [0.2, 0.25) is 0 Å². The molecule has 0 radical (unpaired) electrons. The average molecular weight is 896 g/mol. The lowest BCUT2D eigenvalue weighted by atomic mass is 9.97. The van der Waals surface area contributed by atoms with Crippen LogP contribution >= 0.6 is 0 Å². The van der Waals surface area contributed by atoms with Crippen molar-refractivity contribution in [2.45, 2.75) is 0 Å². The maximum atomic E-state index is 6.81. The Balaban J connectivity index is 0.889. The van der Waals surface area contributed by atoms with Gasteiger partial charge in [0, 0.05) is 54.5 Å². The van der Waals surface area contributed by atoms with Gasteiger partial charge in [-0.1, -0.05) is 158 Å². The lowest BCUT2D eigenvalue weighted by Gasteiger charge is -2.09. The first-order valence-corrected chi connectivity index (χ1v) is 23.5. The molecule has 0 fully saturated rings. The van der Waals surface area contributed by atoms with Crippen LogP contribution in [0.15, 0.2) is 238 Å². The van der Waals surface area contributed by atoms with Gasteiger partial charge < -0.3 is 17.8 Å². The SMILES string of the molecule is c1ccc(-n2c3ccccc3c3cc(-c4ccc5oc6c(-c7ccc(-c8cccc9oc%10ccccc%10c89)cc7)nc(-c7ccc(-c8cccc9oc%10ccccc%10c89)cc7)nc6c5c4)ccc32)cc1. The van der Waals surface area contributed by atoms with Crippen LogP contribution in [0, 0.1) is 0 Å². The minimum absolute atomic E-state index is 0.614. The molecular formula is C64H37N3O3. The predicted octanol–water partition coefficient (Wildman–Crippen LogP) is 17.6. The summed E-state index contributed by atoms with van der Waals surface area (Å²) in [4.78, 5) is 10.7. The van der Waals surface area contributed by atoms with Crippen LogP contribution < -0.4 is 0 Å². The van der Waals surface area contributed by atoms with Gasteiger partial charge in [-0.3, -0.25) is 0 Å². The lowest BCUT2D eigenvalue weighted by Crippen LogP contribution is -1.94. The van der Waals surface area contributed by atoms with E-state index in [0.29, 0.717) is 11.4 Å². The third-order valence-electron chi connectivity index (χ3n) is 14.1. The summed E-state index contributed by atoms with van der Waals surface area (Å²) >= 11 is 0. The molecule has 6 nitrogen and oxygen atoms in total. The van der Waals surface area contributed by atoms with Gasteiger partial charge in [-0.15, -0.1) is 0 Å². The van der Waals surface area contributed by atoms with Crippen molar-refractivity contribution in [1.82, 2.24) is 14.5 Å². The van der Waals surface area contributed by atoms with Crippen LogP contribution in [0.3, 0.4) is 0 Å². The summed E-state index contributed by atoms with van der Waals surface area (Å²) < 4.78 is 21.7. The molecule has 0 aliphatic rings. The highest BCUT2D eigenvalue weighted by molar-refractivity contribution is 6.15. The largest absolute Gasteiger partial charge is 0.456 e. The van der Waals surface area contributed by atoms with Crippen molar-refractivity contribution in [1.29, 1.82) is 0 Å². The van der Waals surface area contributed by atoms with Crippen molar-refractivity contribution in [3.63, 3.8) is 0 Å². The first kappa shape index (κ1) is 38.6. The van der Waals surface area contributed by atoms with E-state index in [1.54, 1.807) is 0 Å². The smallest absolute Gasteiger partial charge is 0.180 e. The maximum Gasteiger partial charge on any atom is 0.180 e. The second-order valence-electron chi connectivity index (χ2n) is 18.0. The zero-order valence-corrected chi connectivity index (χ0v) is 37.4. The quantitative estimate of drug-likeness (QED) is 0.166. The zero-order chi connectivity index (χ0) is 45.9. The molecular weight excluding hydrogens is 859 g/mol. The molecule has 70 heavy (non-hydrogen) atoms. The van der Waals surface area contributed by atoms with E-state index in [1.807, 2.05) is 36.4 Å². The van der Waals surface area contributed by atoms with Crippen molar-refractivity contribution >= 4 is 87.8 Å². The molecule has 0 bridgehead atoms. The molecule has 0 aliphatic carbocycles. The van der Waals surface area contributed by atoms with Crippen molar-refractivity contribution in [2.75, 3.05) is 0 Å². The number of hydrogen-bond donors (Lipinski definition) is 0. The Labute approximate surface area is 399 Å². The lowest BCUT2D eigenvalue weighted by molar-refractivity contribution is 0.667. The topological polar surface area (TPSA) is 70.1 Å². The Kier molecular flexibility index (Phi) is 8.26. The molecule has 326 valence electrons. The zero-order valence-electron chi connectivity index (χ0n) is 37.4. The summed E-state index contributed by atoms with van der Waals surface area (Å²) in [6.07, 6.45) is 0. The maximum absolute atomic E-state index is 6.81. The van der Waals surface area contributed by atoms with Crippen LogP contribution in [0.1, 0.15) is 0 Å². The molecule has 5 heterocycles. The second kappa shape index (κ2) is 15.0. The highest BCUT2D eigenvalue weighted by Crippen LogP contribution is 2.43. The Bertz CT molecular complexity index is 4570. The molecule has 0 saturated carbocycles. The standard InChI is InChI=1S/C64H37N3O3/c1-2-12-44(13-3-1)67-52-19-7-4-14-47(52)50-36-42(32-34-53(50)67)43-33-35-56-51(37-43)62-63(70-56)61(40-28-24-38(25-29-40)45-17-10-22-57-59(45)48-15-5-8-20-54(48)68-57)65-64(66-62)41-30-26-39(27-31-41)46-18-11-23-58-60(46)49-16-6-9-21-55(49)69-58/h1-37H. The summed E-state index contributed by atoms with van der Waals surface area (Å²) in [5.41, 5.74) is 18.2.